The van der Waals surface area contributed by atoms with Crippen molar-refractivity contribution < 1.29 is 4.84 Å². The molecular formula is C18H15N3O. The second-order valence-corrected chi connectivity index (χ2v) is 4.62. The minimum atomic E-state index is 0.323. The van der Waals surface area contributed by atoms with Gasteiger partial charge in [0, 0.05) is 18.0 Å². The van der Waals surface area contributed by atoms with Crippen molar-refractivity contribution in [3.05, 3.63) is 96.1 Å². The molecule has 4 nitrogen and oxygen atoms in total. The highest BCUT2D eigenvalue weighted by Crippen LogP contribution is 2.09. The lowest BCUT2D eigenvalue weighted by Gasteiger charge is -2.06. The van der Waals surface area contributed by atoms with E-state index in [1.54, 1.807) is 12.4 Å². The minimum absolute atomic E-state index is 0.323. The molecule has 0 bridgehead atoms. The Kier molecular flexibility index (Phi) is 4.52. The summed E-state index contributed by atoms with van der Waals surface area (Å²) in [6.07, 6.45) is 3.48. The van der Waals surface area contributed by atoms with Crippen LogP contribution in [-0.2, 0) is 11.4 Å². The molecule has 0 amide bonds. The Morgan fingerprint density at radius 2 is 1.55 bits per heavy atom. The van der Waals surface area contributed by atoms with Crippen LogP contribution < -0.4 is 0 Å². The number of hydrogen-bond acceptors (Lipinski definition) is 4. The highest BCUT2D eigenvalue weighted by atomic mass is 16.6. The number of pyridine rings is 2. The quantitative estimate of drug-likeness (QED) is 0.534. The smallest absolute Gasteiger partial charge is 0.159 e. The molecule has 22 heavy (non-hydrogen) atoms. The van der Waals surface area contributed by atoms with E-state index in [1.165, 1.54) is 0 Å². The summed E-state index contributed by atoms with van der Waals surface area (Å²) >= 11 is 0. The van der Waals surface area contributed by atoms with E-state index >= 15 is 0 Å². The van der Waals surface area contributed by atoms with E-state index in [9.17, 15) is 0 Å². The monoisotopic (exact) mass is 289 g/mol. The summed E-state index contributed by atoms with van der Waals surface area (Å²) in [6, 6.07) is 21.3. The van der Waals surface area contributed by atoms with Crippen LogP contribution in [0.1, 0.15) is 17.0 Å². The highest BCUT2D eigenvalue weighted by molar-refractivity contribution is 6.11. The van der Waals surface area contributed by atoms with Crippen LogP contribution in [0.15, 0.2) is 84.3 Å². The van der Waals surface area contributed by atoms with Gasteiger partial charge in [0.1, 0.15) is 5.71 Å². The van der Waals surface area contributed by atoms with E-state index in [1.807, 2.05) is 66.7 Å². The van der Waals surface area contributed by atoms with Gasteiger partial charge in [-0.05, 0) is 24.3 Å². The number of benzene rings is 1. The van der Waals surface area contributed by atoms with Gasteiger partial charge in [0.05, 0.1) is 11.4 Å². The Morgan fingerprint density at radius 1 is 0.818 bits per heavy atom. The summed E-state index contributed by atoms with van der Waals surface area (Å²) < 4.78 is 0. The molecule has 2 aromatic heterocycles. The third kappa shape index (κ3) is 3.55. The molecular weight excluding hydrogens is 274 g/mol. The topological polar surface area (TPSA) is 47.4 Å². The van der Waals surface area contributed by atoms with Crippen molar-refractivity contribution in [3.8, 4) is 0 Å². The van der Waals surface area contributed by atoms with Gasteiger partial charge in [-0.3, -0.25) is 9.97 Å². The van der Waals surface area contributed by atoms with Crippen LogP contribution in [0.3, 0.4) is 0 Å². The lowest BCUT2D eigenvalue weighted by molar-refractivity contribution is 0.128. The van der Waals surface area contributed by atoms with Crippen LogP contribution in [0.2, 0.25) is 0 Å². The molecule has 0 N–H and O–H groups in total. The van der Waals surface area contributed by atoms with Gasteiger partial charge in [-0.2, -0.15) is 0 Å². The Hall–Kier alpha value is -3.01. The molecule has 0 aliphatic heterocycles. The molecule has 0 atom stereocenters. The molecule has 3 aromatic rings. The van der Waals surface area contributed by atoms with E-state index in [0.29, 0.717) is 12.3 Å². The average Bonchev–Trinajstić information content (AvgIpc) is 2.61. The molecule has 0 fully saturated rings. The zero-order valence-electron chi connectivity index (χ0n) is 12.0. The fourth-order valence-corrected chi connectivity index (χ4v) is 1.99. The zero-order valence-corrected chi connectivity index (χ0v) is 12.0. The van der Waals surface area contributed by atoms with Crippen molar-refractivity contribution in [1.82, 2.24) is 9.97 Å². The molecule has 3 rings (SSSR count). The third-order valence-corrected chi connectivity index (χ3v) is 3.05. The Bertz CT molecular complexity index is 687. The van der Waals surface area contributed by atoms with Gasteiger partial charge in [-0.1, -0.05) is 47.6 Å². The van der Waals surface area contributed by atoms with E-state index in [4.69, 9.17) is 4.84 Å². The van der Waals surface area contributed by atoms with Gasteiger partial charge in [0.2, 0.25) is 0 Å². The van der Waals surface area contributed by atoms with E-state index in [2.05, 4.69) is 15.1 Å². The first-order valence-corrected chi connectivity index (χ1v) is 7.00. The summed E-state index contributed by atoms with van der Waals surface area (Å²) in [7, 11) is 0. The van der Waals surface area contributed by atoms with Crippen LogP contribution in [-0.4, -0.2) is 15.7 Å². The van der Waals surface area contributed by atoms with Gasteiger partial charge in [0.15, 0.2) is 6.61 Å². The van der Waals surface area contributed by atoms with Crippen molar-refractivity contribution in [1.29, 1.82) is 0 Å². The molecule has 0 radical (unpaired) electrons. The molecule has 1 aromatic carbocycles. The summed E-state index contributed by atoms with van der Waals surface area (Å²) in [6.45, 7) is 0.323. The second kappa shape index (κ2) is 7.13. The molecule has 0 saturated carbocycles. The molecule has 2 heterocycles. The number of hydrogen-bond donors (Lipinski definition) is 0. The number of aromatic nitrogens is 2. The first-order chi connectivity index (χ1) is 10.9. The van der Waals surface area contributed by atoms with Gasteiger partial charge in [0.25, 0.3) is 0 Å². The minimum Gasteiger partial charge on any atom is -0.389 e. The van der Waals surface area contributed by atoms with Crippen LogP contribution in [0, 0.1) is 0 Å². The lowest BCUT2D eigenvalue weighted by Crippen LogP contribution is -2.06. The standard InChI is InChI=1S/C18H15N3O/c1-2-8-15(9-3-1)18(17-11-5-7-13-20-17)21-22-14-16-10-4-6-12-19-16/h1-13H,14H2. The maximum absolute atomic E-state index is 5.48. The summed E-state index contributed by atoms with van der Waals surface area (Å²) in [5, 5.41) is 4.27. The van der Waals surface area contributed by atoms with Crippen molar-refractivity contribution in [2.75, 3.05) is 0 Å². The third-order valence-electron chi connectivity index (χ3n) is 3.05. The van der Waals surface area contributed by atoms with Crippen LogP contribution in [0.25, 0.3) is 0 Å². The number of oxime groups is 1. The first kappa shape index (κ1) is 13.9. The van der Waals surface area contributed by atoms with Crippen molar-refractivity contribution >= 4 is 5.71 Å². The van der Waals surface area contributed by atoms with Gasteiger partial charge < -0.3 is 4.84 Å². The predicted octanol–water partition coefficient (Wildman–Crippen LogP) is 3.45. The second-order valence-electron chi connectivity index (χ2n) is 4.62. The van der Waals surface area contributed by atoms with E-state index in [-0.39, 0.29) is 0 Å². The average molecular weight is 289 g/mol. The van der Waals surface area contributed by atoms with Gasteiger partial charge in [-0.15, -0.1) is 0 Å². The largest absolute Gasteiger partial charge is 0.389 e. The Labute approximate surface area is 129 Å². The molecule has 0 aliphatic carbocycles. The fraction of sp³-hybridized carbons (Fsp3) is 0.0556. The fourth-order valence-electron chi connectivity index (χ4n) is 1.99. The van der Waals surface area contributed by atoms with E-state index in [0.717, 1.165) is 17.0 Å². The van der Waals surface area contributed by atoms with Gasteiger partial charge in [-0.25, -0.2) is 0 Å². The normalized spacial score (nSPS) is 11.2. The summed E-state index contributed by atoms with van der Waals surface area (Å²) in [4.78, 5) is 14.0. The van der Waals surface area contributed by atoms with Crippen molar-refractivity contribution in [3.63, 3.8) is 0 Å². The molecule has 0 spiro atoms. The van der Waals surface area contributed by atoms with Crippen LogP contribution in [0.4, 0.5) is 0 Å². The van der Waals surface area contributed by atoms with Gasteiger partial charge >= 0.3 is 0 Å². The SMILES string of the molecule is c1ccc(C(=NOCc2ccccn2)c2ccccn2)cc1. The van der Waals surface area contributed by atoms with Crippen LogP contribution >= 0.6 is 0 Å². The summed E-state index contributed by atoms with van der Waals surface area (Å²) in [5.74, 6) is 0. The molecule has 0 aliphatic rings. The Balaban J connectivity index is 1.84. The predicted molar refractivity (Wildman–Crippen MR) is 85.3 cm³/mol. The molecule has 108 valence electrons. The van der Waals surface area contributed by atoms with Crippen LogP contribution in [0.5, 0.6) is 0 Å². The van der Waals surface area contributed by atoms with E-state index < -0.39 is 0 Å². The Morgan fingerprint density at radius 3 is 2.23 bits per heavy atom. The van der Waals surface area contributed by atoms with Crippen molar-refractivity contribution in [2.24, 2.45) is 5.16 Å². The maximum atomic E-state index is 5.48. The highest BCUT2D eigenvalue weighted by Gasteiger charge is 2.08. The molecule has 0 saturated heterocycles. The summed E-state index contributed by atoms with van der Waals surface area (Å²) in [5.41, 5.74) is 3.27. The number of nitrogens with zero attached hydrogens (tertiary/aromatic N) is 3. The molecule has 4 heteroatoms. The first-order valence-electron chi connectivity index (χ1n) is 7.00. The van der Waals surface area contributed by atoms with Crippen molar-refractivity contribution in [2.45, 2.75) is 6.61 Å². The molecule has 0 unspecified atom stereocenters. The number of rotatable bonds is 5. The lowest BCUT2D eigenvalue weighted by atomic mass is 10.1. The zero-order chi connectivity index (χ0) is 15.0. The maximum Gasteiger partial charge on any atom is 0.159 e.